The van der Waals surface area contributed by atoms with E-state index >= 15 is 0 Å². The van der Waals surface area contributed by atoms with Gasteiger partial charge in [-0.15, -0.1) is 0 Å². The molecule has 0 saturated carbocycles. The van der Waals surface area contributed by atoms with E-state index < -0.39 is 5.56 Å². The van der Waals surface area contributed by atoms with E-state index in [4.69, 9.17) is 16.7 Å². The summed E-state index contributed by atoms with van der Waals surface area (Å²) in [4.78, 5) is 0. The molecule has 1 aromatic carbocycles. The predicted octanol–water partition coefficient (Wildman–Crippen LogP) is 2.95. The highest BCUT2D eigenvalue weighted by molar-refractivity contribution is 6.19. The third-order valence-corrected chi connectivity index (χ3v) is 1.93. The molecule has 2 heteroatoms. The Morgan fingerprint density at radius 3 is 2.25 bits per heavy atom. The second kappa shape index (κ2) is 3.74. The minimum Gasteiger partial charge on any atom is -0.373 e. The molecule has 12 heavy (non-hydrogen) atoms. The van der Waals surface area contributed by atoms with Crippen LogP contribution < -0.4 is 0 Å². The standard InChI is InChI=1S/C10H11ClO/c1-7(2)8-3-5-9(6-4-8)10(11)12/h3-6,10,12H,1H2,2H3. The quantitative estimate of drug-likeness (QED) is 0.698. The van der Waals surface area contributed by atoms with E-state index in [1.54, 1.807) is 12.1 Å². The highest BCUT2D eigenvalue weighted by Gasteiger charge is 2.01. The summed E-state index contributed by atoms with van der Waals surface area (Å²) in [5, 5.41) is 9.00. The molecule has 1 rings (SSSR count). The summed E-state index contributed by atoms with van der Waals surface area (Å²) in [6, 6.07) is 7.37. The van der Waals surface area contributed by atoms with Crippen molar-refractivity contribution in [1.82, 2.24) is 0 Å². The average Bonchev–Trinajstić information content (AvgIpc) is 2.04. The fourth-order valence-corrected chi connectivity index (χ4v) is 1.07. The van der Waals surface area contributed by atoms with Gasteiger partial charge in [-0.25, -0.2) is 0 Å². The van der Waals surface area contributed by atoms with Crippen molar-refractivity contribution in [3.63, 3.8) is 0 Å². The average molecular weight is 183 g/mol. The molecule has 0 radical (unpaired) electrons. The molecule has 0 aliphatic rings. The molecule has 1 N–H and O–H groups in total. The van der Waals surface area contributed by atoms with Crippen LogP contribution in [0, 0.1) is 0 Å². The number of aliphatic hydroxyl groups excluding tert-OH is 1. The van der Waals surface area contributed by atoms with Gasteiger partial charge >= 0.3 is 0 Å². The van der Waals surface area contributed by atoms with Gasteiger partial charge in [0.1, 0.15) is 0 Å². The molecule has 0 aromatic heterocycles. The zero-order valence-electron chi connectivity index (χ0n) is 6.92. The van der Waals surface area contributed by atoms with E-state index in [1.807, 2.05) is 19.1 Å². The van der Waals surface area contributed by atoms with Crippen molar-refractivity contribution >= 4 is 17.2 Å². The highest BCUT2D eigenvalue weighted by Crippen LogP contribution is 2.19. The van der Waals surface area contributed by atoms with Gasteiger partial charge in [-0.1, -0.05) is 48.0 Å². The number of halogens is 1. The minimum absolute atomic E-state index is 0.710. The van der Waals surface area contributed by atoms with E-state index in [2.05, 4.69) is 6.58 Å². The molecule has 1 nitrogen and oxygen atoms in total. The van der Waals surface area contributed by atoms with Gasteiger partial charge in [-0.05, 0) is 18.1 Å². The normalized spacial score (nSPS) is 12.6. The van der Waals surface area contributed by atoms with Crippen molar-refractivity contribution in [2.24, 2.45) is 0 Å². The largest absolute Gasteiger partial charge is 0.373 e. The maximum atomic E-state index is 9.00. The van der Waals surface area contributed by atoms with Crippen molar-refractivity contribution in [1.29, 1.82) is 0 Å². The van der Waals surface area contributed by atoms with Crippen LogP contribution in [-0.4, -0.2) is 5.11 Å². The molecule has 0 spiro atoms. The topological polar surface area (TPSA) is 20.2 Å². The van der Waals surface area contributed by atoms with Crippen LogP contribution in [0.2, 0.25) is 0 Å². The molecule has 0 aliphatic heterocycles. The molecular formula is C10H11ClO. The number of hydrogen-bond acceptors (Lipinski definition) is 1. The summed E-state index contributed by atoms with van der Waals surface area (Å²) in [6.07, 6.45) is 0. The van der Waals surface area contributed by atoms with Crippen LogP contribution in [0.5, 0.6) is 0 Å². The van der Waals surface area contributed by atoms with E-state index in [0.29, 0.717) is 5.56 Å². The first kappa shape index (κ1) is 9.30. The number of benzene rings is 1. The van der Waals surface area contributed by atoms with Crippen LogP contribution in [0.25, 0.3) is 5.57 Å². The van der Waals surface area contributed by atoms with Gasteiger partial charge in [-0.3, -0.25) is 0 Å². The van der Waals surface area contributed by atoms with E-state index in [1.165, 1.54) is 0 Å². The van der Waals surface area contributed by atoms with Gasteiger partial charge in [-0.2, -0.15) is 0 Å². The second-order valence-electron chi connectivity index (χ2n) is 2.74. The predicted molar refractivity (Wildman–Crippen MR) is 52.0 cm³/mol. The Labute approximate surface area is 77.3 Å². The molecular weight excluding hydrogens is 172 g/mol. The van der Waals surface area contributed by atoms with Gasteiger partial charge in [0.25, 0.3) is 0 Å². The molecule has 0 heterocycles. The second-order valence-corrected chi connectivity index (χ2v) is 3.15. The fourth-order valence-electron chi connectivity index (χ4n) is 0.926. The first-order chi connectivity index (χ1) is 5.61. The van der Waals surface area contributed by atoms with Crippen LogP contribution >= 0.6 is 11.6 Å². The fraction of sp³-hybridized carbons (Fsp3) is 0.200. The molecule has 0 bridgehead atoms. The first-order valence-corrected chi connectivity index (χ1v) is 4.13. The Morgan fingerprint density at radius 1 is 1.42 bits per heavy atom. The van der Waals surface area contributed by atoms with E-state index in [-0.39, 0.29) is 0 Å². The summed E-state index contributed by atoms with van der Waals surface area (Å²) in [5.41, 5.74) is 1.87. The summed E-state index contributed by atoms with van der Waals surface area (Å²) < 4.78 is 0. The molecule has 1 aromatic rings. The minimum atomic E-state index is -0.913. The van der Waals surface area contributed by atoms with Crippen LogP contribution in [0.1, 0.15) is 23.6 Å². The zero-order valence-corrected chi connectivity index (χ0v) is 7.67. The van der Waals surface area contributed by atoms with Gasteiger partial charge in [0.15, 0.2) is 5.56 Å². The Balaban J connectivity index is 2.93. The molecule has 0 amide bonds. The smallest absolute Gasteiger partial charge is 0.153 e. The monoisotopic (exact) mass is 182 g/mol. The lowest BCUT2D eigenvalue weighted by atomic mass is 10.1. The Hall–Kier alpha value is -0.790. The van der Waals surface area contributed by atoms with Gasteiger partial charge in [0, 0.05) is 0 Å². The molecule has 1 unspecified atom stereocenters. The Bertz CT molecular complexity index is 274. The van der Waals surface area contributed by atoms with Crippen molar-refractivity contribution in [2.45, 2.75) is 12.5 Å². The van der Waals surface area contributed by atoms with E-state index in [9.17, 15) is 0 Å². The van der Waals surface area contributed by atoms with Crippen LogP contribution in [0.4, 0.5) is 0 Å². The summed E-state index contributed by atoms with van der Waals surface area (Å²) in [7, 11) is 0. The number of allylic oxidation sites excluding steroid dienone is 1. The summed E-state index contributed by atoms with van der Waals surface area (Å²) in [6.45, 7) is 5.74. The van der Waals surface area contributed by atoms with Gasteiger partial charge < -0.3 is 5.11 Å². The van der Waals surface area contributed by atoms with Gasteiger partial charge in [0.05, 0.1) is 0 Å². The van der Waals surface area contributed by atoms with E-state index in [0.717, 1.165) is 11.1 Å². The number of hydrogen-bond donors (Lipinski definition) is 1. The van der Waals surface area contributed by atoms with Crippen molar-refractivity contribution in [2.75, 3.05) is 0 Å². The first-order valence-electron chi connectivity index (χ1n) is 3.69. The third kappa shape index (κ3) is 2.10. The molecule has 1 atom stereocenters. The van der Waals surface area contributed by atoms with Crippen LogP contribution in [0.3, 0.4) is 0 Å². The van der Waals surface area contributed by atoms with Crippen LogP contribution in [0.15, 0.2) is 30.8 Å². The Kier molecular flexibility index (Phi) is 2.90. The Morgan fingerprint density at radius 2 is 1.92 bits per heavy atom. The lowest BCUT2D eigenvalue weighted by Crippen LogP contribution is -1.87. The number of rotatable bonds is 2. The maximum absolute atomic E-state index is 9.00. The lowest BCUT2D eigenvalue weighted by molar-refractivity contribution is 0.263. The summed E-state index contributed by atoms with van der Waals surface area (Å²) >= 11 is 5.47. The van der Waals surface area contributed by atoms with Gasteiger partial charge in [0.2, 0.25) is 0 Å². The molecule has 0 saturated heterocycles. The number of alkyl halides is 1. The summed E-state index contributed by atoms with van der Waals surface area (Å²) in [5.74, 6) is 0. The molecule has 0 aliphatic carbocycles. The van der Waals surface area contributed by atoms with Crippen molar-refractivity contribution < 1.29 is 5.11 Å². The lowest BCUT2D eigenvalue weighted by Gasteiger charge is -2.03. The molecule has 64 valence electrons. The third-order valence-electron chi connectivity index (χ3n) is 1.68. The highest BCUT2D eigenvalue weighted by atomic mass is 35.5. The van der Waals surface area contributed by atoms with Crippen LogP contribution in [-0.2, 0) is 0 Å². The maximum Gasteiger partial charge on any atom is 0.153 e. The van der Waals surface area contributed by atoms with Crippen molar-refractivity contribution in [3.05, 3.63) is 42.0 Å². The molecule has 0 fully saturated rings. The SMILES string of the molecule is C=C(C)c1ccc(C(O)Cl)cc1. The van der Waals surface area contributed by atoms with Crippen molar-refractivity contribution in [3.8, 4) is 0 Å². The number of aliphatic hydroxyl groups is 1. The zero-order chi connectivity index (χ0) is 9.14.